The van der Waals surface area contributed by atoms with Crippen molar-refractivity contribution in [2.75, 3.05) is 5.73 Å². The van der Waals surface area contributed by atoms with Gasteiger partial charge < -0.3 is 10.8 Å². The molecule has 3 heteroatoms. The van der Waals surface area contributed by atoms with Crippen molar-refractivity contribution in [1.29, 1.82) is 0 Å². The molecule has 1 saturated carbocycles. The zero-order valence-corrected chi connectivity index (χ0v) is 9.55. The molecular formula is C11H14BrNO. The van der Waals surface area contributed by atoms with Gasteiger partial charge in [0.15, 0.2) is 0 Å². The van der Waals surface area contributed by atoms with Gasteiger partial charge >= 0.3 is 0 Å². The Morgan fingerprint density at radius 3 is 2.50 bits per heavy atom. The van der Waals surface area contributed by atoms with Gasteiger partial charge in [-0.3, -0.25) is 0 Å². The van der Waals surface area contributed by atoms with Crippen LogP contribution in [0.1, 0.15) is 31.2 Å². The number of hydrogen-bond acceptors (Lipinski definition) is 2. The minimum Gasteiger partial charge on any atom is -0.398 e. The number of rotatable bonds is 1. The zero-order chi connectivity index (χ0) is 10.2. The maximum absolute atomic E-state index is 10.4. The summed E-state index contributed by atoms with van der Waals surface area (Å²) >= 11 is 3.45. The van der Waals surface area contributed by atoms with Gasteiger partial charge in [-0.15, -0.1) is 0 Å². The van der Waals surface area contributed by atoms with Crippen molar-refractivity contribution in [3.05, 3.63) is 28.2 Å². The highest BCUT2D eigenvalue weighted by atomic mass is 79.9. The normalized spacial score (nSPS) is 19.9. The number of nitrogen functional groups attached to an aromatic ring is 1. The van der Waals surface area contributed by atoms with Gasteiger partial charge in [-0.05, 0) is 25.0 Å². The second kappa shape index (κ2) is 3.55. The number of aliphatic hydroxyl groups is 1. The van der Waals surface area contributed by atoms with Crippen LogP contribution in [0.25, 0.3) is 0 Å². The van der Waals surface area contributed by atoms with Crippen LogP contribution in [0.4, 0.5) is 5.69 Å². The highest BCUT2D eigenvalue weighted by Gasteiger charge is 2.35. The van der Waals surface area contributed by atoms with Crippen LogP contribution in [0.5, 0.6) is 0 Å². The fourth-order valence-corrected chi connectivity index (χ4v) is 2.99. The van der Waals surface area contributed by atoms with E-state index < -0.39 is 5.60 Å². The highest BCUT2D eigenvalue weighted by Crippen LogP contribution is 2.43. The molecule has 0 bridgehead atoms. The molecule has 2 nitrogen and oxygen atoms in total. The molecule has 3 N–H and O–H groups in total. The summed E-state index contributed by atoms with van der Waals surface area (Å²) < 4.78 is 0.918. The Kier molecular flexibility index (Phi) is 2.54. The molecular weight excluding hydrogens is 242 g/mol. The summed E-state index contributed by atoms with van der Waals surface area (Å²) in [6, 6.07) is 5.67. The summed E-state index contributed by atoms with van der Waals surface area (Å²) in [5, 5.41) is 10.4. The van der Waals surface area contributed by atoms with E-state index in [1.54, 1.807) is 0 Å². The quantitative estimate of drug-likeness (QED) is 0.759. The summed E-state index contributed by atoms with van der Waals surface area (Å²) in [6.07, 6.45) is 3.80. The minimum atomic E-state index is -0.704. The van der Waals surface area contributed by atoms with Gasteiger partial charge in [-0.25, -0.2) is 0 Å². The molecule has 1 aliphatic rings. The lowest BCUT2D eigenvalue weighted by Gasteiger charge is -2.25. The summed E-state index contributed by atoms with van der Waals surface area (Å²) in [6.45, 7) is 0. The van der Waals surface area contributed by atoms with E-state index in [0.717, 1.165) is 35.7 Å². The molecule has 0 unspecified atom stereocenters. The Morgan fingerprint density at radius 2 is 1.93 bits per heavy atom. The number of anilines is 1. The average Bonchev–Trinajstić information content (AvgIpc) is 2.52. The average molecular weight is 256 g/mol. The molecule has 76 valence electrons. The van der Waals surface area contributed by atoms with E-state index in [9.17, 15) is 5.11 Å². The van der Waals surface area contributed by atoms with Crippen molar-refractivity contribution in [2.24, 2.45) is 0 Å². The predicted molar refractivity (Wildman–Crippen MR) is 60.9 cm³/mol. The first-order valence-corrected chi connectivity index (χ1v) is 5.70. The van der Waals surface area contributed by atoms with Gasteiger partial charge in [0.05, 0.1) is 5.60 Å². The topological polar surface area (TPSA) is 46.2 Å². The van der Waals surface area contributed by atoms with Gasteiger partial charge in [0, 0.05) is 15.7 Å². The standard InChI is InChI=1S/C11H14BrNO/c12-8-4-3-5-9(13)10(8)11(14)6-1-2-7-11/h3-5,14H,1-2,6-7,13H2. The summed E-state index contributed by atoms with van der Waals surface area (Å²) in [4.78, 5) is 0. The molecule has 0 spiro atoms. The van der Waals surface area contributed by atoms with Gasteiger partial charge in [0.25, 0.3) is 0 Å². The van der Waals surface area contributed by atoms with Crippen LogP contribution in [0, 0.1) is 0 Å². The second-order valence-corrected chi connectivity index (χ2v) is 4.80. The van der Waals surface area contributed by atoms with Crippen LogP contribution in [0.2, 0.25) is 0 Å². The molecule has 0 aromatic heterocycles. The SMILES string of the molecule is Nc1cccc(Br)c1C1(O)CCCC1. The monoisotopic (exact) mass is 255 g/mol. The fraction of sp³-hybridized carbons (Fsp3) is 0.455. The van der Waals surface area contributed by atoms with Crippen LogP contribution in [0.15, 0.2) is 22.7 Å². The summed E-state index contributed by atoms with van der Waals surface area (Å²) in [5.74, 6) is 0. The number of hydrogen-bond donors (Lipinski definition) is 2. The molecule has 2 rings (SSSR count). The van der Waals surface area contributed by atoms with E-state index in [-0.39, 0.29) is 0 Å². The first kappa shape index (κ1) is 9.99. The molecule has 1 aromatic rings. The molecule has 0 amide bonds. The van der Waals surface area contributed by atoms with E-state index in [4.69, 9.17) is 5.73 Å². The van der Waals surface area contributed by atoms with Crippen molar-refractivity contribution >= 4 is 21.6 Å². The van der Waals surface area contributed by atoms with Crippen molar-refractivity contribution in [3.8, 4) is 0 Å². The van der Waals surface area contributed by atoms with E-state index >= 15 is 0 Å². The maximum Gasteiger partial charge on any atom is 0.0927 e. The van der Waals surface area contributed by atoms with Gasteiger partial charge in [0.2, 0.25) is 0 Å². The molecule has 0 saturated heterocycles. The molecule has 1 fully saturated rings. The second-order valence-electron chi connectivity index (χ2n) is 3.94. The lowest BCUT2D eigenvalue weighted by Crippen LogP contribution is -2.23. The zero-order valence-electron chi connectivity index (χ0n) is 7.96. The van der Waals surface area contributed by atoms with Crippen molar-refractivity contribution in [2.45, 2.75) is 31.3 Å². The third-order valence-electron chi connectivity index (χ3n) is 2.94. The van der Waals surface area contributed by atoms with E-state index in [2.05, 4.69) is 15.9 Å². The van der Waals surface area contributed by atoms with E-state index in [1.165, 1.54) is 0 Å². The van der Waals surface area contributed by atoms with Crippen molar-refractivity contribution in [3.63, 3.8) is 0 Å². The summed E-state index contributed by atoms with van der Waals surface area (Å²) in [7, 11) is 0. The lowest BCUT2D eigenvalue weighted by atomic mass is 9.91. The number of nitrogens with two attached hydrogens (primary N) is 1. The fourth-order valence-electron chi connectivity index (χ4n) is 2.24. The van der Waals surface area contributed by atoms with Crippen molar-refractivity contribution < 1.29 is 5.11 Å². The minimum absolute atomic E-state index is 0.684. The Labute approximate surface area is 92.3 Å². The maximum atomic E-state index is 10.4. The van der Waals surface area contributed by atoms with Gasteiger partial charge in [-0.2, -0.15) is 0 Å². The predicted octanol–water partition coefficient (Wildman–Crippen LogP) is 2.79. The largest absolute Gasteiger partial charge is 0.398 e. The summed E-state index contributed by atoms with van der Waals surface area (Å²) in [5.41, 5.74) is 6.75. The Bertz CT molecular complexity index is 325. The van der Waals surface area contributed by atoms with E-state index in [0.29, 0.717) is 5.69 Å². The van der Waals surface area contributed by atoms with Gasteiger partial charge in [-0.1, -0.05) is 34.8 Å². The van der Waals surface area contributed by atoms with Crippen molar-refractivity contribution in [1.82, 2.24) is 0 Å². The van der Waals surface area contributed by atoms with Crippen LogP contribution in [-0.2, 0) is 5.60 Å². The van der Waals surface area contributed by atoms with Crippen LogP contribution < -0.4 is 5.73 Å². The van der Waals surface area contributed by atoms with Gasteiger partial charge in [0.1, 0.15) is 0 Å². The lowest BCUT2D eigenvalue weighted by molar-refractivity contribution is 0.0445. The van der Waals surface area contributed by atoms with Crippen LogP contribution in [0.3, 0.4) is 0 Å². The third-order valence-corrected chi connectivity index (χ3v) is 3.60. The molecule has 0 radical (unpaired) electrons. The molecule has 0 heterocycles. The molecule has 0 atom stereocenters. The molecule has 14 heavy (non-hydrogen) atoms. The first-order chi connectivity index (χ1) is 6.63. The van der Waals surface area contributed by atoms with Crippen LogP contribution >= 0.6 is 15.9 Å². The Morgan fingerprint density at radius 1 is 1.29 bits per heavy atom. The Balaban J connectivity index is 2.49. The van der Waals surface area contributed by atoms with Crippen LogP contribution in [-0.4, -0.2) is 5.11 Å². The molecule has 0 aliphatic heterocycles. The smallest absolute Gasteiger partial charge is 0.0927 e. The number of benzene rings is 1. The third kappa shape index (κ3) is 1.55. The Hall–Kier alpha value is -0.540. The first-order valence-electron chi connectivity index (χ1n) is 4.90. The number of halogens is 1. The molecule has 1 aliphatic carbocycles. The molecule has 1 aromatic carbocycles. The highest BCUT2D eigenvalue weighted by molar-refractivity contribution is 9.10. The van der Waals surface area contributed by atoms with E-state index in [1.807, 2.05) is 18.2 Å².